The molecule has 1 aromatic carbocycles. The number of benzene rings is 1. The summed E-state index contributed by atoms with van der Waals surface area (Å²) in [6.45, 7) is 8.93. The molecule has 0 aromatic heterocycles. The first-order valence-electron chi connectivity index (χ1n) is 6.20. The van der Waals surface area contributed by atoms with Crippen LogP contribution in [-0.2, 0) is 0 Å². The van der Waals surface area contributed by atoms with Crippen molar-refractivity contribution in [3.63, 3.8) is 0 Å². The predicted octanol–water partition coefficient (Wildman–Crippen LogP) is 2.53. The van der Waals surface area contributed by atoms with E-state index in [1.807, 2.05) is 0 Å². The largest absolute Gasteiger partial charge is 0.371 e. The van der Waals surface area contributed by atoms with E-state index >= 15 is 0 Å². The van der Waals surface area contributed by atoms with Gasteiger partial charge in [-0.2, -0.15) is 0 Å². The Labute approximate surface area is 98.7 Å². The molecular weight excluding hydrogens is 196 g/mol. The molecule has 0 amide bonds. The lowest BCUT2D eigenvalue weighted by Gasteiger charge is -2.20. The van der Waals surface area contributed by atoms with Crippen molar-refractivity contribution in [2.45, 2.75) is 32.7 Å². The van der Waals surface area contributed by atoms with E-state index in [-0.39, 0.29) is 0 Å². The molecular formula is C14H22N2. The summed E-state index contributed by atoms with van der Waals surface area (Å²) in [5.74, 6) is 0.625. The molecule has 1 aliphatic rings. The monoisotopic (exact) mass is 218 g/mol. The molecule has 0 bridgehead atoms. The van der Waals surface area contributed by atoms with Gasteiger partial charge in [0.05, 0.1) is 0 Å². The van der Waals surface area contributed by atoms with Crippen LogP contribution in [0.2, 0.25) is 0 Å². The van der Waals surface area contributed by atoms with E-state index in [2.05, 4.69) is 56.2 Å². The number of hydrogen-bond donors (Lipinski definition) is 1. The van der Waals surface area contributed by atoms with Gasteiger partial charge in [-0.15, -0.1) is 0 Å². The van der Waals surface area contributed by atoms with Crippen LogP contribution in [0.3, 0.4) is 0 Å². The van der Waals surface area contributed by atoms with Gasteiger partial charge >= 0.3 is 0 Å². The average Bonchev–Trinajstić information content (AvgIpc) is 2.66. The number of nitrogens with zero attached hydrogens (tertiary/aromatic N) is 1. The molecule has 1 N–H and O–H groups in total. The van der Waals surface area contributed by atoms with Gasteiger partial charge in [-0.3, -0.25) is 0 Å². The molecule has 88 valence electrons. The minimum absolute atomic E-state index is 0.539. The summed E-state index contributed by atoms with van der Waals surface area (Å²) in [6, 6.07) is 7.38. The lowest BCUT2D eigenvalue weighted by molar-refractivity contribution is 0.509. The van der Waals surface area contributed by atoms with Gasteiger partial charge in [0.2, 0.25) is 0 Å². The van der Waals surface area contributed by atoms with Crippen LogP contribution >= 0.6 is 0 Å². The van der Waals surface area contributed by atoms with Crippen molar-refractivity contribution in [2.24, 2.45) is 0 Å². The minimum Gasteiger partial charge on any atom is -0.371 e. The van der Waals surface area contributed by atoms with Crippen molar-refractivity contribution >= 4 is 5.69 Å². The third-order valence-electron chi connectivity index (χ3n) is 3.78. The van der Waals surface area contributed by atoms with E-state index in [1.165, 1.54) is 16.8 Å². The first-order chi connectivity index (χ1) is 7.67. The molecule has 0 spiro atoms. The van der Waals surface area contributed by atoms with E-state index in [0.717, 1.165) is 13.1 Å². The molecule has 2 heteroatoms. The van der Waals surface area contributed by atoms with Gasteiger partial charge in [0, 0.05) is 30.7 Å². The smallest absolute Gasteiger partial charge is 0.0403 e. The van der Waals surface area contributed by atoms with Crippen LogP contribution in [0.5, 0.6) is 0 Å². The second-order valence-corrected chi connectivity index (χ2v) is 4.78. The predicted molar refractivity (Wildman–Crippen MR) is 70.3 cm³/mol. The van der Waals surface area contributed by atoms with Gasteiger partial charge in [-0.1, -0.05) is 17.7 Å². The Morgan fingerprint density at radius 3 is 2.88 bits per heavy atom. The van der Waals surface area contributed by atoms with Crippen LogP contribution in [0.15, 0.2) is 18.2 Å². The number of likely N-dealkylation sites (N-methyl/N-ethyl adjacent to an activating group) is 2. The highest BCUT2D eigenvalue weighted by atomic mass is 15.2. The van der Waals surface area contributed by atoms with Gasteiger partial charge in [-0.25, -0.2) is 0 Å². The number of hydrogen-bond acceptors (Lipinski definition) is 2. The SMILES string of the molecule is CCN1CC(C(C)NC)c2cc(C)ccc21. The highest BCUT2D eigenvalue weighted by Gasteiger charge is 2.30. The average molecular weight is 218 g/mol. The van der Waals surface area contributed by atoms with Gasteiger partial charge < -0.3 is 10.2 Å². The van der Waals surface area contributed by atoms with Crippen LogP contribution in [0.4, 0.5) is 5.69 Å². The number of fused-ring (bicyclic) bond motifs is 1. The minimum atomic E-state index is 0.539. The number of rotatable bonds is 3. The first kappa shape index (κ1) is 11.5. The zero-order valence-electron chi connectivity index (χ0n) is 10.7. The Morgan fingerprint density at radius 1 is 1.50 bits per heavy atom. The number of anilines is 1. The molecule has 2 atom stereocenters. The normalized spacial score (nSPS) is 21.0. The maximum atomic E-state index is 3.39. The molecule has 2 rings (SSSR count). The van der Waals surface area contributed by atoms with Crippen molar-refractivity contribution in [1.29, 1.82) is 0 Å². The summed E-state index contributed by atoms with van der Waals surface area (Å²) in [5.41, 5.74) is 4.31. The van der Waals surface area contributed by atoms with Crippen molar-refractivity contribution in [3.8, 4) is 0 Å². The van der Waals surface area contributed by atoms with Crippen LogP contribution in [0.25, 0.3) is 0 Å². The van der Waals surface area contributed by atoms with Crippen LogP contribution in [-0.4, -0.2) is 26.2 Å². The summed E-state index contributed by atoms with van der Waals surface area (Å²) < 4.78 is 0. The molecule has 16 heavy (non-hydrogen) atoms. The van der Waals surface area contributed by atoms with Crippen LogP contribution < -0.4 is 10.2 Å². The fourth-order valence-electron chi connectivity index (χ4n) is 2.62. The second-order valence-electron chi connectivity index (χ2n) is 4.78. The summed E-state index contributed by atoms with van der Waals surface area (Å²) in [4.78, 5) is 2.48. The van der Waals surface area contributed by atoms with Gasteiger partial charge in [0.15, 0.2) is 0 Å². The fraction of sp³-hybridized carbons (Fsp3) is 0.571. The Morgan fingerprint density at radius 2 is 2.25 bits per heavy atom. The van der Waals surface area contributed by atoms with E-state index in [4.69, 9.17) is 0 Å². The Kier molecular flexibility index (Phi) is 3.20. The highest BCUT2D eigenvalue weighted by Crippen LogP contribution is 2.38. The highest BCUT2D eigenvalue weighted by molar-refractivity contribution is 5.61. The maximum absolute atomic E-state index is 3.39. The molecule has 0 fully saturated rings. The fourth-order valence-corrected chi connectivity index (χ4v) is 2.62. The van der Waals surface area contributed by atoms with E-state index in [1.54, 1.807) is 0 Å². The molecule has 0 saturated heterocycles. The van der Waals surface area contributed by atoms with Gasteiger partial charge in [0.1, 0.15) is 0 Å². The number of aryl methyl sites for hydroxylation is 1. The maximum Gasteiger partial charge on any atom is 0.0403 e. The summed E-state index contributed by atoms with van der Waals surface area (Å²) in [5, 5.41) is 3.39. The molecule has 0 saturated carbocycles. The van der Waals surface area contributed by atoms with Crippen molar-refractivity contribution < 1.29 is 0 Å². The third-order valence-corrected chi connectivity index (χ3v) is 3.78. The van der Waals surface area contributed by atoms with Crippen molar-refractivity contribution in [2.75, 3.05) is 25.0 Å². The quantitative estimate of drug-likeness (QED) is 0.838. The molecule has 2 nitrogen and oxygen atoms in total. The van der Waals surface area contributed by atoms with Gasteiger partial charge in [-0.05, 0) is 39.4 Å². The molecule has 1 heterocycles. The van der Waals surface area contributed by atoms with E-state index in [9.17, 15) is 0 Å². The van der Waals surface area contributed by atoms with E-state index in [0.29, 0.717) is 12.0 Å². The number of nitrogens with one attached hydrogen (secondary N) is 1. The summed E-state index contributed by atoms with van der Waals surface area (Å²) in [7, 11) is 2.05. The summed E-state index contributed by atoms with van der Waals surface area (Å²) >= 11 is 0. The van der Waals surface area contributed by atoms with Crippen LogP contribution in [0, 0.1) is 6.92 Å². The van der Waals surface area contributed by atoms with Gasteiger partial charge in [0.25, 0.3) is 0 Å². The Hall–Kier alpha value is -1.02. The molecule has 0 aliphatic carbocycles. The van der Waals surface area contributed by atoms with Crippen molar-refractivity contribution in [1.82, 2.24) is 5.32 Å². The van der Waals surface area contributed by atoms with Crippen molar-refractivity contribution in [3.05, 3.63) is 29.3 Å². The van der Waals surface area contributed by atoms with E-state index < -0.39 is 0 Å². The zero-order valence-corrected chi connectivity index (χ0v) is 10.7. The lowest BCUT2D eigenvalue weighted by Crippen LogP contribution is -2.32. The molecule has 0 radical (unpaired) electrons. The topological polar surface area (TPSA) is 15.3 Å². The second kappa shape index (κ2) is 4.46. The first-order valence-corrected chi connectivity index (χ1v) is 6.20. The Balaban J connectivity index is 2.39. The molecule has 1 aliphatic heterocycles. The van der Waals surface area contributed by atoms with Crippen LogP contribution in [0.1, 0.15) is 30.9 Å². The third kappa shape index (κ3) is 1.82. The molecule has 2 unspecified atom stereocenters. The Bertz CT molecular complexity index is 373. The standard InChI is InChI=1S/C14H22N2/c1-5-16-9-13(11(3)15-4)12-8-10(2)6-7-14(12)16/h6-8,11,13,15H,5,9H2,1-4H3. The lowest BCUT2D eigenvalue weighted by atomic mass is 9.93. The zero-order chi connectivity index (χ0) is 11.7. The molecule has 1 aromatic rings. The summed E-state index contributed by atoms with van der Waals surface area (Å²) in [6.07, 6.45) is 0.